The number of halogens is 1. The molecule has 0 spiro atoms. The largest absolute Gasteiger partial charge is 0.394 e. The SMILES string of the molecule is CC1(OCCOCCO)CC(=O)c2cnccc2N1c1ccc(F)cc1C#N. The molecule has 0 aliphatic carbocycles. The number of rotatable bonds is 7. The van der Waals surface area contributed by atoms with Crippen molar-refractivity contribution in [3.63, 3.8) is 0 Å². The van der Waals surface area contributed by atoms with Crippen LogP contribution in [0.25, 0.3) is 0 Å². The molecule has 0 saturated carbocycles. The van der Waals surface area contributed by atoms with Crippen molar-refractivity contribution in [3.8, 4) is 6.07 Å². The highest BCUT2D eigenvalue weighted by Crippen LogP contribution is 2.43. The van der Waals surface area contributed by atoms with E-state index in [-0.39, 0.29) is 44.2 Å². The summed E-state index contributed by atoms with van der Waals surface area (Å²) >= 11 is 0. The minimum Gasteiger partial charge on any atom is -0.394 e. The summed E-state index contributed by atoms with van der Waals surface area (Å²) in [7, 11) is 0. The molecule has 0 bridgehead atoms. The first-order chi connectivity index (χ1) is 13.5. The van der Waals surface area contributed by atoms with E-state index in [1.165, 1.54) is 18.3 Å². The summed E-state index contributed by atoms with van der Waals surface area (Å²) in [5, 5.41) is 18.3. The lowest BCUT2D eigenvalue weighted by molar-refractivity contribution is -0.0566. The molecule has 1 aliphatic rings. The number of benzene rings is 1. The van der Waals surface area contributed by atoms with Crippen LogP contribution in [0, 0.1) is 17.1 Å². The van der Waals surface area contributed by atoms with Crippen molar-refractivity contribution in [2.24, 2.45) is 0 Å². The molecule has 1 atom stereocenters. The molecule has 146 valence electrons. The van der Waals surface area contributed by atoms with Crippen LogP contribution in [-0.2, 0) is 9.47 Å². The first kappa shape index (κ1) is 19.9. The van der Waals surface area contributed by atoms with Gasteiger partial charge in [0.1, 0.15) is 17.6 Å². The third-order valence-electron chi connectivity index (χ3n) is 4.50. The first-order valence-corrected chi connectivity index (χ1v) is 8.80. The zero-order chi connectivity index (χ0) is 20.1. The van der Waals surface area contributed by atoms with Crippen molar-refractivity contribution in [3.05, 3.63) is 53.6 Å². The number of pyridine rings is 1. The van der Waals surface area contributed by atoms with Crippen LogP contribution in [0.5, 0.6) is 0 Å². The number of nitrogens with zero attached hydrogens (tertiary/aromatic N) is 3. The first-order valence-electron chi connectivity index (χ1n) is 8.80. The van der Waals surface area contributed by atoms with Crippen molar-refractivity contribution in [2.75, 3.05) is 31.3 Å². The van der Waals surface area contributed by atoms with Gasteiger partial charge in [-0.3, -0.25) is 9.78 Å². The van der Waals surface area contributed by atoms with Gasteiger partial charge in [0.05, 0.1) is 55.4 Å². The zero-order valence-corrected chi connectivity index (χ0v) is 15.4. The van der Waals surface area contributed by atoms with E-state index in [9.17, 15) is 14.4 Å². The van der Waals surface area contributed by atoms with Crippen LogP contribution < -0.4 is 4.90 Å². The van der Waals surface area contributed by atoms with Gasteiger partial charge >= 0.3 is 0 Å². The minimum absolute atomic E-state index is 0.0218. The molecule has 3 rings (SSSR count). The maximum Gasteiger partial charge on any atom is 0.171 e. The molecule has 0 amide bonds. The Hall–Kier alpha value is -2.86. The summed E-state index contributed by atoms with van der Waals surface area (Å²) in [5.41, 5.74) is 0.393. The number of fused-ring (bicyclic) bond motifs is 1. The molecule has 1 unspecified atom stereocenters. The molecular formula is C20H20FN3O4. The molecule has 8 heteroatoms. The number of Topliss-reactive ketones (excluding diaryl/α,β-unsaturated/α-hetero) is 1. The molecule has 1 aliphatic heterocycles. The third-order valence-corrected chi connectivity index (χ3v) is 4.50. The molecule has 28 heavy (non-hydrogen) atoms. The van der Waals surface area contributed by atoms with Crippen LogP contribution >= 0.6 is 0 Å². The van der Waals surface area contributed by atoms with Gasteiger partial charge in [-0.25, -0.2) is 4.39 Å². The van der Waals surface area contributed by atoms with E-state index in [1.54, 1.807) is 24.1 Å². The Morgan fingerprint density at radius 2 is 2.14 bits per heavy atom. The topological polar surface area (TPSA) is 95.7 Å². The molecule has 7 nitrogen and oxygen atoms in total. The number of ketones is 1. The lowest BCUT2D eigenvalue weighted by atomic mass is 9.92. The predicted molar refractivity (Wildman–Crippen MR) is 98.7 cm³/mol. The van der Waals surface area contributed by atoms with E-state index in [4.69, 9.17) is 14.6 Å². The number of aliphatic hydroxyl groups excluding tert-OH is 1. The Labute approximate surface area is 161 Å². The average Bonchev–Trinajstić information content (AvgIpc) is 2.69. The number of carbonyl (C=O) groups excluding carboxylic acids is 1. The lowest BCUT2D eigenvalue weighted by Crippen LogP contribution is -2.51. The van der Waals surface area contributed by atoms with E-state index in [1.807, 2.05) is 6.07 Å². The molecule has 1 N–H and O–H groups in total. The minimum atomic E-state index is -1.11. The quantitative estimate of drug-likeness (QED) is 0.732. The van der Waals surface area contributed by atoms with Crippen LogP contribution in [0.2, 0.25) is 0 Å². The predicted octanol–water partition coefficient (Wildman–Crippen LogP) is 2.56. The highest BCUT2D eigenvalue weighted by Gasteiger charge is 2.43. The van der Waals surface area contributed by atoms with Gasteiger partial charge in [-0.15, -0.1) is 0 Å². The van der Waals surface area contributed by atoms with E-state index in [0.717, 1.165) is 6.07 Å². The number of aliphatic hydroxyl groups is 1. The number of hydrogen-bond donors (Lipinski definition) is 1. The maximum atomic E-state index is 13.7. The van der Waals surface area contributed by atoms with E-state index in [0.29, 0.717) is 16.9 Å². The molecule has 1 aromatic heterocycles. The van der Waals surface area contributed by atoms with Crippen LogP contribution in [0.3, 0.4) is 0 Å². The van der Waals surface area contributed by atoms with Crippen LogP contribution in [0.15, 0.2) is 36.7 Å². The highest BCUT2D eigenvalue weighted by atomic mass is 19.1. The van der Waals surface area contributed by atoms with Crippen molar-refractivity contribution >= 4 is 17.2 Å². The van der Waals surface area contributed by atoms with Gasteiger partial charge in [0.25, 0.3) is 0 Å². The molecule has 2 heterocycles. The monoisotopic (exact) mass is 385 g/mol. The van der Waals surface area contributed by atoms with E-state index in [2.05, 4.69) is 4.98 Å². The van der Waals surface area contributed by atoms with Crippen molar-refractivity contribution < 1.29 is 23.8 Å². The van der Waals surface area contributed by atoms with Gasteiger partial charge in [0, 0.05) is 12.4 Å². The Kier molecular flexibility index (Phi) is 5.99. The van der Waals surface area contributed by atoms with Crippen LogP contribution in [0.4, 0.5) is 15.8 Å². The second-order valence-electron chi connectivity index (χ2n) is 6.46. The maximum absolute atomic E-state index is 13.7. The Bertz CT molecular complexity index is 915. The summed E-state index contributed by atoms with van der Waals surface area (Å²) in [5.74, 6) is -0.665. The normalized spacial score (nSPS) is 18.6. The highest BCUT2D eigenvalue weighted by molar-refractivity contribution is 6.05. The van der Waals surface area contributed by atoms with Gasteiger partial charge in [0.2, 0.25) is 0 Å². The summed E-state index contributed by atoms with van der Waals surface area (Å²) in [4.78, 5) is 18.4. The fourth-order valence-corrected chi connectivity index (χ4v) is 3.30. The van der Waals surface area contributed by atoms with E-state index >= 15 is 0 Å². The van der Waals surface area contributed by atoms with Crippen molar-refractivity contribution in [1.29, 1.82) is 5.26 Å². The van der Waals surface area contributed by atoms with Crippen molar-refractivity contribution in [1.82, 2.24) is 4.98 Å². The summed E-state index contributed by atoms with van der Waals surface area (Å²) < 4.78 is 24.9. The number of aromatic nitrogens is 1. The number of anilines is 2. The van der Waals surface area contributed by atoms with Crippen LogP contribution in [-0.4, -0.2) is 48.0 Å². The van der Waals surface area contributed by atoms with Crippen LogP contribution in [0.1, 0.15) is 29.3 Å². The Balaban J connectivity index is 2.04. The number of nitriles is 1. The zero-order valence-electron chi connectivity index (χ0n) is 15.4. The fourth-order valence-electron chi connectivity index (χ4n) is 3.30. The molecule has 0 fully saturated rings. The third kappa shape index (κ3) is 3.87. The van der Waals surface area contributed by atoms with Gasteiger partial charge in [-0.1, -0.05) is 0 Å². The Morgan fingerprint density at radius 3 is 2.89 bits per heavy atom. The van der Waals surface area contributed by atoms with Gasteiger partial charge < -0.3 is 19.5 Å². The molecule has 0 saturated heterocycles. The number of hydrogen-bond acceptors (Lipinski definition) is 7. The number of ether oxygens (including phenoxy) is 2. The van der Waals surface area contributed by atoms with Crippen molar-refractivity contribution in [2.45, 2.75) is 19.1 Å². The standard InChI is InChI=1S/C20H20FN3O4/c1-20(28-9-8-27-7-6-25)11-19(26)16-13-23-5-4-18(16)24(20)17-3-2-15(21)10-14(17)12-22/h2-5,10,13,25H,6-9,11H2,1H3. The summed E-state index contributed by atoms with van der Waals surface area (Å²) in [6.45, 7) is 2.24. The Morgan fingerprint density at radius 1 is 1.32 bits per heavy atom. The molecular weight excluding hydrogens is 365 g/mol. The van der Waals surface area contributed by atoms with Gasteiger partial charge in [0.15, 0.2) is 5.78 Å². The number of carbonyl (C=O) groups is 1. The van der Waals surface area contributed by atoms with Gasteiger partial charge in [-0.05, 0) is 31.2 Å². The lowest BCUT2D eigenvalue weighted by Gasteiger charge is -2.46. The molecule has 2 aromatic rings. The summed E-state index contributed by atoms with van der Waals surface area (Å²) in [6.07, 6.45) is 3.04. The second kappa shape index (κ2) is 8.44. The average molecular weight is 385 g/mol. The molecule has 1 aromatic carbocycles. The van der Waals surface area contributed by atoms with Gasteiger partial charge in [-0.2, -0.15) is 5.26 Å². The smallest absolute Gasteiger partial charge is 0.171 e. The second-order valence-corrected chi connectivity index (χ2v) is 6.46. The molecule has 0 radical (unpaired) electrons. The summed E-state index contributed by atoms with van der Waals surface area (Å²) in [6, 6.07) is 7.58. The van der Waals surface area contributed by atoms with E-state index < -0.39 is 11.5 Å². The fraction of sp³-hybridized carbons (Fsp3) is 0.350.